The average molecular weight is 201 g/mol. The third kappa shape index (κ3) is 1.08. The Balaban J connectivity index is 2.67. The quantitative estimate of drug-likeness (QED) is 0.523. The molecule has 0 aliphatic rings. The van der Waals surface area contributed by atoms with Gasteiger partial charge in [-0.15, -0.1) is 0 Å². The minimum absolute atomic E-state index is 0.383. The van der Waals surface area contributed by atoms with Crippen LogP contribution >= 0.6 is 0 Å². The standard InChI is InChI=1S/C11H7NO3/c1-6-2-3-9-7(4-6)10-8(5-12-15-10)11(13)14-9/h2-5H,1H3. The largest absolute Gasteiger partial charge is 0.422 e. The molecule has 0 fully saturated rings. The normalized spacial score (nSPS) is 11.3. The van der Waals surface area contributed by atoms with Gasteiger partial charge in [-0.05, 0) is 19.1 Å². The third-order valence-corrected chi connectivity index (χ3v) is 2.37. The number of fused-ring (bicyclic) bond motifs is 3. The predicted molar refractivity (Wildman–Crippen MR) is 54.8 cm³/mol. The fourth-order valence-corrected chi connectivity index (χ4v) is 1.64. The van der Waals surface area contributed by atoms with Crippen LogP contribution < -0.4 is 5.63 Å². The Labute approximate surface area is 84.1 Å². The molecule has 74 valence electrons. The molecule has 0 amide bonds. The van der Waals surface area contributed by atoms with E-state index in [1.807, 2.05) is 19.1 Å². The molecule has 0 aliphatic carbocycles. The summed E-state index contributed by atoms with van der Waals surface area (Å²) in [6.07, 6.45) is 1.38. The van der Waals surface area contributed by atoms with Crippen molar-refractivity contribution in [1.82, 2.24) is 5.16 Å². The van der Waals surface area contributed by atoms with Gasteiger partial charge < -0.3 is 8.94 Å². The first kappa shape index (κ1) is 8.23. The van der Waals surface area contributed by atoms with E-state index >= 15 is 0 Å². The molecule has 3 aromatic rings. The highest BCUT2D eigenvalue weighted by molar-refractivity contribution is 6.00. The summed E-state index contributed by atoms with van der Waals surface area (Å²) in [4.78, 5) is 11.5. The molecule has 0 N–H and O–H groups in total. The SMILES string of the molecule is Cc1ccc2oc(=O)c3cnoc3c2c1. The van der Waals surface area contributed by atoms with Crippen LogP contribution in [0.1, 0.15) is 5.56 Å². The Hall–Kier alpha value is -2.10. The topological polar surface area (TPSA) is 56.2 Å². The van der Waals surface area contributed by atoms with Gasteiger partial charge in [-0.3, -0.25) is 0 Å². The van der Waals surface area contributed by atoms with Crippen LogP contribution in [0.5, 0.6) is 0 Å². The van der Waals surface area contributed by atoms with Crippen molar-refractivity contribution in [2.45, 2.75) is 6.92 Å². The molecule has 0 radical (unpaired) electrons. The van der Waals surface area contributed by atoms with E-state index in [0.29, 0.717) is 16.6 Å². The van der Waals surface area contributed by atoms with Gasteiger partial charge >= 0.3 is 5.63 Å². The molecule has 0 aliphatic heterocycles. The Morgan fingerprint density at radius 3 is 3.00 bits per heavy atom. The maximum absolute atomic E-state index is 11.5. The predicted octanol–water partition coefficient (Wildman–Crippen LogP) is 2.24. The first-order valence-electron chi connectivity index (χ1n) is 4.53. The van der Waals surface area contributed by atoms with Crippen molar-refractivity contribution in [3.63, 3.8) is 0 Å². The summed E-state index contributed by atoms with van der Waals surface area (Å²) in [5.74, 6) is 0. The lowest BCUT2D eigenvalue weighted by molar-refractivity contribution is 0.457. The third-order valence-electron chi connectivity index (χ3n) is 2.37. The van der Waals surface area contributed by atoms with E-state index in [0.717, 1.165) is 10.9 Å². The molecule has 0 spiro atoms. The van der Waals surface area contributed by atoms with Crippen LogP contribution in [0.2, 0.25) is 0 Å². The molecule has 0 bridgehead atoms. The second-order valence-electron chi connectivity index (χ2n) is 3.46. The molecule has 15 heavy (non-hydrogen) atoms. The van der Waals surface area contributed by atoms with E-state index in [4.69, 9.17) is 8.94 Å². The maximum Gasteiger partial charge on any atom is 0.349 e. The lowest BCUT2D eigenvalue weighted by Gasteiger charge is -1.97. The van der Waals surface area contributed by atoms with Gasteiger partial charge in [0.2, 0.25) is 0 Å². The summed E-state index contributed by atoms with van der Waals surface area (Å²) in [7, 11) is 0. The van der Waals surface area contributed by atoms with Gasteiger partial charge in [0.1, 0.15) is 11.0 Å². The summed E-state index contributed by atoms with van der Waals surface area (Å²) in [6.45, 7) is 1.97. The van der Waals surface area contributed by atoms with Crippen LogP contribution in [-0.4, -0.2) is 5.16 Å². The lowest BCUT2D eigenvalue weighted by atomic mass is 10.1. The molecule has 0 atom stereocenters. The van der Waals surface area contributed by atoms with Gasteiger partial charge in [0.05, 0.1) is 11.6 Å². The highest BCUT2D eigenvalue weighted by Gasteiger charge is 2.10. The second kappa shape index (κ2) is 2.70. The van der Waals surface area contributed by atoms with Gasteiger partial charge in [0.15, 0.2) is 5.58 Å². The monoisotopic (exact) mass is 201 g/mol. The van der Waals surface area contributed by atoms with Gasteiger partial charge in [0.25, 0.3) is 0 Å². The van der Waals surface area contributed by atoms with Crippen molar-refractivity contribution in [3.8, 4) is 0 Å². The van der Waals surface area contributed by atoms with Gasteiger partial charge in [-0.1, -0.05) is 16.8 Å². The second-order valence-corrected chi connectivity index (χ2v) is 3.46. The zero-order valence-corrected chi connectivity index (χ0v) is 7.98. The van der Waals surface area contributed by atoms with Crippen LogP contribution in [0.3, 0.4) is 0 Å². The first-order valence-corrected chi connectivity index (χ1v) is 4.53. The summed E-state index contributed by atoms with van der Waals surface area (Å²) < 4.78 is 10.2. The Bertz CT molecular complexity index is 708. The smallest absolute Gasteiger partial charge is 0.349 e. The van der Waals surface area contributed by atoms with E-state index in [-0.39, 0.29) is 0 Å². The van der Waals surface area contributed by atoms with E-state index in [1.165, 1.54) is 6.20 Å². The van der Waals surface area contributed by atoms with Crippen molar-refractivity contribution >= 4 is 21.9 Å². The summed E-state index contributed by atoms with van der Waals surface area (Å²) in [5.41, 5.74) is 1.68. The molecule has 1 aromatic carbocycles. The van der Waals surface area contributed by atoms with Crippen molar-refractivity contribution in [2.75, 3.05) is 0 Å². The number of hydrogen-bond acceptors (Lipinski definition) is 4. The highest BCUT2D eigenvalue weighted by atomic mass is 16.5. The molecular formula is C11H7NO3. The molecule has 4 nitrogen and oxygen atoms in total. The number of nitrogens with zero attached hydrogens (tertiary/aromatic N) is 1. The number of rotatable bonds is 0. The zero-order chi connectivity index (χ0) is 10.4. The molecule has 0 saturated heterocycles. The van der Waals surface area contributed by atoms with Crippen molar-refractivity contribution in [2.24, 2.45) is 0 Å². The summed E-state index contributed by atoms with van der Waals surface area (Å²) in [5, 5.41) is 4.77. The number of aryl methyl sites for hydroxylation is 1. The number of benzene rings is 1. The van der Waals surface area contributed by atoms with Crippen LogP contribution in [-0.2, 0) is 0 Å². The maximum atomic E-state index is 11.5. The van der Waals surface area contributed by atoms with E-state index in [2.05, 4.69) is 5.16 Å². The lowest BCUT2D eigenvalue weighted by Crippen LogP contribution is -1.97. The summed E-state index contributed by atoms with van der Waals surface area (Å²) >= 11 is 0. The molecular weight excluding hydrogens is 194 g/mol. The minimum Gasteiger partial charge on any atom is -0.422 e. The molecule has 0 unspecified atom stereocenters. The van der Waals surface area contributed by atoms with Crippen molar-refractivity contribution in [1.29, 1.82) is 0 Å². The van der Waals surface area contributed by atoms with Crippen LogP contribution in [0.15, 0.2) is 38.1 Å². The van der Waals surface area contributed by atoms with Gasteiger partial charge in [0, 0.05) is 0 Å². The molecule has 4 heteroatoms. The molecule has 2 aromatic heterocycles. The van der Waals surface area contributed by atoms with Crippen molar-refractivity contribution in [3.05, 3.63) is 40.4 Å². The fourth-order valence-electron chi connectivity index (χ4n) is 1.64. The number of hydrogen-bond donors (Lipinski definition) is 0. The summed E-state index contributed by atoms with van der Waals surface area (Å²) in [6, 6.07) is 5.55. The van der Waals surface area contributed by atoms with Crippen LogP contribution in [0, 0.1) is 6.92 Å². The minimum atomic E-state index is -0.414. The molecule has 0 saturated carbocycles. The van der Waals surface area contributed by atoms with E-state index < -0.39 is 5.63 Å². The van der Waals surface area contributed by atoms with Crippen molar-refractivity contribution < 1.29 is 8.94 Å². The zero-order valence-electron chi connectivity index (χ0n) is 7.98. The Morgan fingerprint density at radius 2 is 2.13 bits per heavy atom. The molecule has 2 heterocycles. The first-order chi connectivity index (χ1) is 7.25. The number of aromatic nitrogens is 1. The fraction of sp³-hybridized carbons (Fsp3) is 0.0909. The Kier molecular flexibility index (Phi) is 1.48. The van der Waals surface area contributed by atoms with Crippen LogP contribution in [0.4, 0.5) is 0 Å². The van der Waals surface area contributed by atoms with E-state index in [9.17, 15) is 4.79 Å². The van der Waals surface area contributed by atoms with E-state index in [1.54, 1.807) is 6.07 Å². The average Bonchev–Trinajstić information content (AvgIpc) is 2.69. The van der Waals surface area contributed by atoms with Crippen LogP contribution in [0.25, 0.3) is 21.9 Å². The Morgan fingerprint density at radius 1 is 1.27 bits per heavy atom. The highest BCUT2D eigenvalue weighted by Crippen LogP contribution is 2.22. The van der Waals surface area contributed by atoms with Gasteiger partial charge in [-0.2, -0.15) is 0 Å². The van der Waals surface area contributed by atoms with Gasteiger partial charge in [-0.25, -0.2) is 4.79 Å². The molecule has 3 rings (SSSR count).